The van der Waals surface area contributed by atoms with E-state index in [9.17, 15) is 0 Å². The third-order valence-electron chi connectivity index (χ3n) is 2.59. The highest BCUT2D eigenvalue weighted by Crippen LogP contribution is 2.12. The van der Waals surface area contributed by atoms with Crippen molar-refractivity contribution in [2.24, 2.45) is 5.73 Å². The zero-order valence-electron chi connectivity index (χ0n) is 9.42. The summed E-state index contributed by atoms with van der Waals surface area (Å²) in [6, 6.07) is 0. The fourth-order valence-electron chi connectivity index (χ4n) is 1.07. The number of aliphatic hydroxyl groups excluding tert-OH is 1. The van der Waals surface area contributed by atoms with Gasteiger partial charge in [0.2, 0.25) is 0 Å². The summed E-state index contributed by atoms with van der Waals surface area (Å²) < 4.78 is 0. The number of rotatable bonds is 7. The van der Waals surface area contributed by atoms with Crippen LogP contribution in [-0.4, -0.2) is 40.7 Å². The Morgan fingerprint density at radius 3 is 2.43 bits per heavy atom. The summed E-state index contributed by atoms with van der Waals surface area (Å²) in [5.41, 5.74) is 5.26. The monoisotopic (exact) mass is 218 g/mol. The van der Waals surface area contributed by atoms with E-state index in [1.54, 1.807) is 0 Å². The molecule has 4 heteroatoms. The van der Waals surface area contributed by atoms with Gasteiger partial charge in [-0.05, 0) is 46.7 Å². The van der Waals surface area contributed by atoms with Gasteiger partial charge in [0.15, 0.2) is 0 Å². The van der Waals surface area contributed by atoms with Gasteiger partial charge < -0.3 is 10.8 Å². The van der Waals surface area contributed by atoms with Gasteiger partial charge in [-0.15, -0.1) is 0 Å². The maximum absolute atomic E-state index is 9.13. The number of likely N-dealkylation sites (N-methyl/N-ethyl adjacent to an activating group) is 1. The molecule has 0 fully saturated rings. The van der Waals surface area contributed by atoms with Crippen LogP contribution in [0, 0.1) is 0 Å². The van der Waals surface area contributed by atoms with Gasteiger partial charge in [0.25, 0.3) is 0 Å². The minimum Gasteiger partial charge on any atom is -0.394 e. The van der Waals surface area contributed by atoms with Gasteiger partial charge in [0.1, 0.15) is 0 Å². The average Bonchev–Trinajstić information content (AvgIpc) is 2.11. The van der Waals surface area contributed by atoms with Crippen molar-refractivity contribution in [2.45, 2.75) is 38.6 Å². The van der Waals surface area contributed by atoms with E-state index in [0.717, 1.165) is 25.8 Å². The first-order valence-electron chi connectivity index (χ1n) is 5.00. The van der Waals surface area contributed by atoms with Gasteiger partial charge in [0, 0.05) is 5.54 Å². The molecule has 0 rings (SSSR count). The number of hydrogen-bond acceptors (Lipinski definition) is 3. The predicted molar refractivity (Wildman–Crippen MR) is 64.4 cm³/mol. The highest BCUT2D eigenvalue weighted by Gasteiger charge is 2.21. The summed E-state index contributed by atoms with van der Waals surface area (Å²) >= 11 is 4.80. The van der Waals surface area contributed by atoms with E-state index in [4.69, 9.17) is 23.1 Å². The molecule has 0 aromatic carbocycles. The van der Waals surface area contributed by atoms with Crippen LogP contribution in [0.3, 0.4) is 0 Å². The Bertz CT molecular complexity index is 183. The first kappa shape index (κ1) is 13.8. The zero-order chi connectivity index (χ0) is 11.2. The summed E-state index contributed by atoms with van der Waals surface area (Å²) in [5.74, 6) is 0. The van der Waals surface area contributed by atoms with E-state index >= 15 is 0 Å². The van der Waals surface area contributed by atoms with Gasteiger partial charge in [-0.2, -0.15) is 0 Å². The van der Waals surface area contributed by atoms with E-state index in [1.807, 2.05) is 20.9 Å². The number of unbranched alkanes of at least 4 members (excludes halogenated alkanes) is 1. The molecule has 0 saturated heterocycles. The van der Waals surface area contributed by atoms with Crippen molar-refractivity contribution in [3.05, 3.63) is 0 Å². The predicted octanol–water partition coefficient (Wildman–Crippen LogP) is 1.15. The number of nitrogens with two attached hydrogens (primary N) is 1. The van der Waals surface area contributed by atoms with Crippen molar-refractivity contribution in [2.75, 3.05) is 20.2 Å². The molecule has 14 heavy (non-hydrogen) atoms. The third kappa shape index (κ3) is 5.52. The summed E-state index contributed by atoms with van der Waals surface area (Å²) in [4.78, 5) is 2.75. The van der Waals surface area contributed by atoms with E-state index in [-0.39, 0.29) is 12.1 Å². The summed E-state index contributed by atoms with van der Waals surface area (Å²) in [6.45, 7) is 5.20. The van der Waals surface area contributed by atoms with E-state index in [0.29, 0.717) is 4.99 Å². The molecule has 0 aliphatic carbocycles. The van der Waals surface area contributed by atoms with Crippen molar-refractivity contribution in [3.8, 4) is 0 Å². The van der Waals surface area contributed by atoms with Crippen LogP contribution in [0.15, 0.2) is 0 Å². The quantitative estimate of drug-likeness (QED) is 0.497. The molecule has 0 unspecified atom stereocenters. The molecule has 3 nitrogen and oxygen atoms in total. The Morgan fingerprint density at radius 2 is 2.00 bits per heavy atom. The largest absolute Gasteiger partial charge is 0.394 e. The Morgan fingerprint density at radius 1 is 1.43 bits per heavy atom. The van der Waals surface area contributed by atoms with Crippen LogP contribution < -0.4 is 5.73 Å². The van der Waals surface area contributed by atoms with Crippen molar-refractivity contribution < 1.29 is 5.11 Å². The van der Waals surface area contributed by atoms with Crippen LogP contribution in [0.2, 0.25) is 0 Å². The van der Waals surface area contributed by atoms with Crippen LogP contribution in [0.25, 0.3) is 0 Å². The smallest absolute Gasteiger partial charge is 0.0727 e. The Kier molecular flexibility index (Phi) is 6.24. The lowest BCUT2D eigenvalue weighted by Gasteiger charge is -2.33. The molecule has 0 bridgehead atoms. The van der Waals surface area contributed by atoms with Gasteiger partial charge >= 0.3 is 0 Å². The second-order valence-electron chi connectivity index (χ2n) is 4.32. The standard InChI is InChI=1S/C10H22N2OS/c1-10(2,8-13)12(3)7-5-4-6-9(11)14/h13H,4-8H2,1-3H3,(H2,11,14). The fourth-order valence-corrected chi connectivity index (χ4v) is 1.22. The Balaban J connectivity index is 3.63. The lowest BCUT2D eigenvalue weighted by atomic mass is 10.0. The van der Waals surface area contributed by atoms with Crippen LogP contribution in [0.4, 0.5) is 0 Å². The lowest BCUT2D eigenvalue weighted by Crippen LogP contribution is -2.44. The molecule has 0 atom stereocenters. The molecule has 0 spiro atoms. The second-order valence-corrected chi connectivity index (χ2v) is 4.84. The van der Waals surface area contributed by atoms with Gasteiger partial charge in [0.05, 0.1) is 11.6 Å². The fraction of sp³-hybridized carbons (Fsp3) is 0.900. The van der Waals surface area contributed by atoms with E-state index in [1.165, 1.54) is 0 Å². The Hall–Kier alpha value is -0.190. The molecule has 0 aromatic rings. The molecule has 3 N–H and O–H groups in total. The maximum Gasteiger partial charge on any atom is 0.0727 e. The van der Waals surface area contributed by atoms with Crippen molar-refractivity contribution in [3.63, 3.8) is 0 Å². The van der Waals surface area contributed by atoms with Crippen LogP contribution >= 0.6 is 12.2 Å². The van der Waals surface area contributed by atoms with Crippen molar-refractivity contribution in [1.82, 2.24) is 4.90 Å². The van der Waals surface area contributed by atoms with Gasteiger partial charge in [-0.25, -0.2) is 0 Å². The summed E-state index contributed by atoms with van der Waals surface area (Å²) in [6.07, 6.45) is 2.92. The first-order chi connectivity index (χ1) is 6.40. The SMILES string of the molecule is CN(CCCCC(N)=S)C(C)(C)CO. The molecule has 0 aromatic heterocycles. The summed E-state index contributed by atoms with van der Waals surface area (Å²) in [5, 5.41) is 9.13. The van der Waals surface area contributed by atoms with Gasteiger partial charge in [-0.1, -0.05) is 12.2 Å². The Labute approximate surface area is 92.3 Å². The molecule has 0 heterocycles. The molecular formula is C10H22N2OS. The maximum atomic E-state index is 9.13. The van der Waals surface area contributed by atoms with Gasteiger partial charge in [-0.3, -0.25) is 4.90 Å². The summed E-state index contributed by atoms with van der Waals surface area (Å²) in [7, 11) is 2.02. The minimum absolute atomic E-state index is 0.136. The molecule has 0 aliphatic rings. The third-order valence-corrected chi connectivity index (χ3v) is 2.79. The number of nitrogens with zero attached hydrogens (tertiary/aromatic N) is 1. The molecule has 0 saturated carbocycles. The molecule has 0 amide bonds. The van der Waals surface area contributed by atoms with E-state index in [2.05, 4.69) is 4.90 Å². The zero-order valence-corrected chi connectivity index (χ0v) is 10.2. The molecule has 0 radical (unpaired) electrons. The molecule has 84 valence electrons. The first-order valence-corrected chi connectivity index (χ1v) is 5.41. The topological polar surface area (TPSA) is 49.5 Å². The normalized spacial score (nSPS) is 12.1. The number of aliphatic hydroxyl groups is 1. The van der Waals surface area contributed by atoms with Crippen LogP contribution in [0.1, 0.15) is 33.1 Å². The second kappa shape index (κ2) is 6.32. The highest BCUT2D eigenvalue weighted by molar-refractivity contribution is 7.80. The number of hydrogen-bond donors (Lipinski definition) is 2. The van der Waals surface area contributed by atoms with Crippen molar-refractivity contribution >= 4 is 17.2 Å². The van der Waals surface area contributed by atoms with Crippen LogP contribution in [0.5, 0.6) is 0 Å². The van der Waals surface area contributed by atoms with Crippen LogP contribution in [-0.2, 0) is 0 Å². The number of thiocarbonyl (C=S) groups is 1. The molecular weight excluding hydrogens is 196 g/mol. The van der Waals surface area contributed by atoms with Crippen molar-refractivity contribution in [1.29, 1.82) is 0 Å². The lowest BCUT2D eigenvalue weighted by molar-refractivity contribution is 0.0779. The highest BCUT2D eigenvalue weighted by atomic mass is 32.1. The average molecular weight is 218 g/mol. The van der Waals surface area contributed by atoms with E-state index < -0.39 is 0 Å². The molecule has 0 aliphatic heterocycles. The minimum atomic E-state index is -0.136.